The lowest BCUT2D eigenvalue weighted by atomic mass is 9.98. The lowest BCUT2D eigenvalue weighted by Crippen LogP contribution is -2.08. The van der Waals surface area contributed by atoms with E-state index in [1.165, 1.54) is 22.3 Å². The minimum Gasteiger partial charge on any atom is -0.454 e. The summed E-state index contributed by atoms with van der Waals surface area (Å²) in [6, 6.07) is 25.6. The molecule has 0 saturated heterocycles. The smallest absolute Gasteiger partial charge is 0.338 e. The molecule has 0 fully saturated rings. The highest BCUT2D eigenvalue weighted by Crippen LogP contribution is 2.45. The molecule has 1 aliphatic carbocycles. The number of ether oxygens (including phenoxy) is 1. The molecule has 1 aliphatic rings. The molecule has 0 amide bonds. The third kappa shape index (κ3) is 2.42. The van der Waals surface area contributed by atoms with E-state index in [1.54, 1.807) is 18.7 Å². The Morgan fingerprint density at radius 3 is 1.87 bits per heavy atom. The van der Waals surface area contributed by atoms with Crippen LogP contribution in [0, 0.1) is 6.61 Å². The molecule has 0 N–H and O–H groups in total. The summed E-state index contributed by atoms with van der Waals surface area (Å²) in [5.41, 5.74) is 5.33. The molecular formula is C21H15O2. The molecule has 3 aromatic carbocycles. The maximum absolute atomic E-state index is 12.2. The molecule has 0 atom stereocenters. The van der Waals surface area contributed by atoms with E-state index < -0.39 is 0 Å². The van der Waals surface area contributed by atoms with E-state index in [0.717, 1.165) is 0 Å². The van der Waals surface area contributed by atoms with Gasteiger partial charge in [0.2, 0.25) is 0 Å². The number of esters is 1. The molecule has 0 aliphatic heterocycles. The van der Waals surface area contributed by atoms with E-state index in [2.05, 4.69) is 24.3 Å². The van der Waals surface area contributed by atoms with Crippen molar-refractivity contribution in [1.82, 2.24) is 0 Å². The van der Waals surface area contributed by atoms with Crippen molar-refractivity contribution in [2.45, 2.75) is 5.92 Å². The summed E-state index contributed by atoms with van der Waals surface area (Å²) >= 11 is 0. The molecule has 0 spiro atoms. The van der Waals surface area contributed by atoms with Crippen LogP contribution in [0.25, 0.3) is 11.1 Å². The first-order chi connectivity index (χ1) is 11.3. The molecule has 2 nitrogen and oxygen atoms in total. The Morgan fingerprint density at radius 2 is 1.26 bits per heavy atom. The zero-order chi connectivity index (χ0) is 15.6. The molecule has 0 aromatic heterocycles. The van der Waals surface area contributed by atoms with Crippen LogP contribution in [0.2, 0.25) is 0 Å². The standard InChI is InChI=1S/C21H15O2/c22-21(15-8-2-1-3-9-15)23-14-20-18-12-6-4-10-16(18)17-11-5-7-13-19(17)20/h1-14,20H. The summed E-state index contributed by atoms with van der Waals surface area (Å²) in [5, 5.41) is 0. The quantitative estimate of drug-likeness (QED) is 0.648. The number of rotatable bonds is 3. The Kier molecular flexibility index (Phi) is 3.43. The largest absolute Gasteiger partial charge is 0.454 e. The topological polar surface area (TPSA) is 26.3 Å². The highest BCUT2D eigenvalue weighted by molar-refractivity contribution is 5.90. The van der Waals surface area contributed by atoms with Gasteiger partial charge in [-0.05, 0) is 34.4 Å². The van der Waals surface area contributed by atoms with E-state index in [-0.39, 0.29) is 11.9 Å². The molecule has 4 rings (SSSR count). The third-order valence-electron chi connectivity index (χ3n) is 4.20. The second-order valence-corrected chi connectivity index (χ2v) is 5.56. The molecule has 23 heavy (non-hydrogen) atoms. The lowest BCUT2D eigenvalue weighted by molar-refractivity contribution is 0.0595. The van der Waals surface area contributed by atoms with Crippen LogP contribution >= 0.6 is 0 Å². The molecule has 0 unspecified atom stereocenters. The average molecular weight is 299 g/mol. The number of carbonyl (C=O) groups is 1. The van der Waals surface area contributed by atoms with E-state index in [9.17, 15) is 4.79 Å². The first kappa shape index (κ1) is 13.8. The fraction of sp³-hybridized carbons (Fsp3) is 0.0476. The van der Waals surface area contributed by atoms with Crippen LogP contribution in [0.1, 0.15) is 27.4 Å². The van der Waals surface area contributed by atoms with Crippen molar-refractivity contribution in [1.29, 1.82) is 0 Å². The number of carbonyl (C=O) groups excluding carboxylic acids is 1. The minimum atomic E-state index is -0.326. The van der Waals surface area contributed by atoms with Gasteiger partial charge in [-0.25, -0.2) is 4.79 Å². The van der Waals surface area contributed by atoms with Crippen molar-refractivity contribution in [3.63, 3.8) is 0 Å². The average Bonchev–Trinajstić information content (AvgIpc) is 2.94. The predicted octanol–water partition coefficient (Wildman–Crippen LogP) is 4.82. The molecule has 3 aromatic rings. The van der Waals surface area contributed by atoms with Gasteiger partial charge in [-0.1, -0.05) is 66.7 Å². The second kappa shape index (κ2) is 5.73. The predicted molar refractivity (Wildman–Crippen MR) is 89.9 cm³/mol. The zero-order valence-electron chi connectivity index (χ0n) is 12.5. The first-order valence-corrected chi connectivity index (χ1v) is 7.62. The lowest BCUT2D eigenvalue weighted by Gasteiger charge is -2.13. The molecule has 0 bridgehead atoms. The van der Waals surface area contributed by atoms with Gasteiger partial charge in [0, 0.05) is 0 Å². The van der Waals surface area contributed by atoms with Gasteiger partial charge in [-0.2, -0.15) is 0 Å². The van der Waals surface area contributed by atoms with Gasteiger partial charge in [0.15, 0.2) is 6.61 Å². The van der Waals surface area contributed by atoms with Gasteiger partial charge in [-0.3, -0.25) is 0 Å². The summed E-state index contributed by atoms with van der Waals surface area (Å²) in [4.78, 5) is 12.2. The maximum atomic E-state index is 12.2. The van der Waals surface area contributed by atoms with Crippen LogP contribution in [0.15, 0.2) is 78.9 Å². The Balaban J connectivity index is 1.61. The fourth-order valence-electron chi connectivity index (χ4n) is 3.11. The van der Waals surface area contributed by atoms with Crippen molar-refractivity contribution in [3.8, 4) is 11.1 Å². The number of hydrogen-bond acceptors (Lipinski definition) is 2. The van der Waals surface area contributed by atoms with Gasteiger partial charge >= 0.3 is 5.97 Å². The van der Waals surface area contributed by atoms with Gasteiger partial charge in [0.05, 0.1) is 11.5 Å². The van der Waals surface area contributed by atoms with Crippen LogP contribution in [0.5, 0.6) is 0 Å². The van der Waals surface area contributed by atoms with Gasteiger partial charge in [-0.15, -0.1) is 0 Å². The Morgan fingerprint density at radius 1 is 0.739 bits per heavy atom. The number of hydrogen-bond donors (Lipinski definition) is 0. The van der Waals surface area contributed by atoms with Gasteiger partial charge < -0.3 is 4.74 Å². The first-order valence-electron chi connectivity index (χ1n) is 7.62. The SMILES string of the molecule is O=C(O[CH]C1c2ccccc2-c2ccccc21)c1ccccc1. The summed E-state index contributed by atoms with van der Waals surface area (Å²) in [7, 11) is 0. The van der Waals surface area contributed by atoms with Gasteiger partial charge in [0.25, 0.3) is 0 Å². The molecular weight excluding hydrogens is 284 g/mol. The minimum absolute atomic E-state index is 0.0185. The normalized spacial score (nSPS) is 12.5. The molecule has 2 heteroatoms. The van der Waals surface area contributed by atoms with Crippen molar-refractivity contribution in [2.24, 2.45) is 0 Å². The van der Waals surface area contributed by atoms with E-state index in [1.807, 2.05) is 42.5 Å². The third-order valence-corrected chi connectivity index (χ3v) is 4.20. The fourth-order valence-corrected chi connectivity index (χ4v) is 3.11. The Hall–Kier alpha value is -2.87. The summed E-state index contributed by atoms with van der Waals surface area (Å²) in [6.45, 7) is 1.65. The van der Waals surface area contributed by atoms with Crippen LogP contribution in [0.4, 0.5) is 0 Å². The number of benzene rings is 3. The van der Waals surface area contributed by atoms with Crippen LogP contribution < -0.4 is 0 Å². The molecule has 111 valence electrons. The monoisotopic (exact) mass is 299 g/mol. The van der Waals surface area contributed by atoms with Crippen molar-refractivity contribution in [2.75, 3.05) is 0 Å². The summed E-state index contributed by atoms with van der Waals surface area (Å²) in [6.07, 6.45) is 0. The summed E-state index contributed by atoms with van der Waals surface area (Å²) < 4.78 is 5.46. The van der Waals surface area contributed by atoms with Gasteiger partial charge in [0.1, 0.15) is 0 Å². The Bertz CT molecular complexity index is 807. The van der Waals surface area contributed by atoms with Crippen LogP contribution in [0.3, 0.4) is 0 Å². The highest BCUT2D eigenvalue weighted by atomic mass is 16.5. The van der Waals surface area contributed by atoms with E-state index in [0.29, 0.717) is 5.56 Å². The number of fused-ring (bicyclic) bond motifs is 3. The maximum Gasteiger partial charge on any atom is 0.338 e. The van der Waals surface area contributed by atoms with Crippen LogP contribution in [-0.4, -0.2) is 5.97 Å². The van der Waals surface area contributed by atoms with Crippen molar-refractivity contribution < 1.29 is 9.53 Å². The van der Waals surface area contributed by atoms with Crippen molar-refractivity contribution >= 4 is 5.97 Å². The second-order valence-electron chi connectivity index (χ2n) is 5.56. The molecule has 1 radical (unpaired) electrons. The van der Waals surface area contributed by atoms with Crippen molar-refractivity contribution in [3.05, 3.63) is 102 Å². The van der Waals surface area contributed by atoms with E-state index >= 15 is 0 Å². The van der Waals surface area contributed by atoms with E-state index in [4.69, 9.17) is 4.74 Å². The molecule has 0 saturated carbocycles. The summed E-state index contributed by atoms with van der Waals surface area (Å²) in [5.74, 6) is -0.345. The Labute approximate surface area is 135 Å². The zero-order valence-corrected chi connectivity index (χ0v) is 12.5. The van der Waals surface area contributed by atoms with Crippen LogP contribution in [-0.2, 0) is 4.74 Å². The highest BCUT2D eigenvalue weighted by Gasteiger charge is 2.29. The molecule has 0 heterocycles.